The van der Waals surface area contributed by atoms with E-state index in [9.17, 15) is 0 Å². The summed E-state index contributed by atoms with van der Waals surface area (Å²) in [5.74, 6) is 0.787. The van der Waals surface area contributed by atoms with Gasteiger partial charge in [-0.05, 0) is 50.0 Å². The SMILES string of the molecule is CCCCCCCCC=CCCCCCCCCC(CCCCC)c1ccccc1. The summed E-state index contributed by atoms with van der Waals surface area (Å²) in [6, 6.07) is 11.3. The first-order valence-corrected chi connectivity index (χ1v) is 13.6. The van der Waals surface area contributed by atoms with E-state index in [1.54, 1.807) is 5.56 Å². The molecule has 0 amide bonds. The van der Waals surface area contributed by atoms with Gasteiger partial charge in [-0.2, -0.15) is 0 Å². The molecule has 0 saturated heterocycles. The number of hydrogen-bond acceptors (Lipinski definition) is 0. The van der Waals surface area contributed by atoms with Crippen molar-refractivity contribution in [1.82, 2.24) is 0 Å². The Labute approximate surface area is 190 Å². The van der Waals surface area contributed by atoms with E-state index in [1.165, 1.54) is 122 Å². The smallest absolute Gasteiger partial charge is 0.0162 e. The fourth-order valence-electron chi connectivity index (χ4n) is 4.48. The van der Waals surface area contributed by atoms with Crippen LogP contribution in [0.2, 0.25) is 0 Å². The van der Waals surface area contributed by atoms with Crippen molar-refractivity contribution in [3.63, 3.8) is 0 Å². The van der Waals surface area contributed by atoms with Crippen molar-refractivity contribution in [1.29, 1.82) is 0 Å². The van der Waals surface area contributed by atoms with Crippen LogP contribution in [0.15, 0.2) is 42.5 Å². The summed E-state index contributed by atoms with van der Waals surface area (Å²) >= 11 is 0. The van der Waals surface area contributed by atoms with Gasteiger partial charge in [-0.25, -0.2) is 0 Å². The quantitative estimate of drug-likeness (QED) is 0.139. The van der Waals surface area contributed by atoms with Crippen LogP contribution in [0.25, 0.3) is 0 Å². The fourth-order valence-corrected chi connectivity index (χ4v) is 4.48. The molecule has 1 rings (SSSR count). The van der Waals surface area contributed by atoms with E-state index in [0.717, 1.165) is 5.92 Å². The van der Waals surface area contributed by atoms with Crippen molar-refractivity contribution in [3.8, 4) is 0 Å². The topological polar surface area (TPSA) is 0 Å². The lowest BCUT2D eigenvalue weighted by molar-refractivity contribution is 0.494. The highest BCUT2D eigenvalue weighted by molar-refractivity contribution is 5.19. The third-order valence-corrected chi connectivity index (χ3v) is 6.49. The molecule has 0 N–H and O–H groups in total. The lowest BCUT2D eigenvalue weighted by Crippen LogP contribution is -1.99. The van der Waals surface area contributed by atoms with Crippen molar-refractivity contribution in [2.75, 3.05) is 0 Å². The Balaban J connectivity index is 1.97. The molecule has 0 aromatic heterocycles. The average molecular weight is 413 g/mol. The van der Waals surface area contributed by atoms with Gasteiger partial charge in [0.05, 0.1) is 0 Å². The minimum absolute atomic E-state index is 0.787. The number of rotatable bonds is 21. The van der Waals surface area contributed by atoms with Crippen molar-refractivity contribution in [2.45, 2.75) is 142 Å². The van der Waals surface area contributed by atoms with E-state index in [-0.39, 0.29) is 0 Å². The van der Waals surface area contributed by atoms with E-state index in [2.05, 4.69) is 56.3 Å². The zero-order valence-electron chi connectivity index (χ0n) is 20.6. The molecule has 0 heteroatoms. The van der Waals surface area contributed by atoms with Crippen LogP contribution in [0.5, 0.6) is 0 Å². The second kappa shape index (κ2) is 21.2. The molecule has 30 heavy (non-hydrogen) atoms. The summed E-state index contributed by atoms with van der Waals surface area (Å²) in [4.78, 5) is 0. The van der Waals surface area contributed by atoms with Crippen molar-refractivity contribution in [3.05, 3.63) is 48.0 Å². The Morgan fingerprint density at radius 3 is 1.53 bits per heavy atom. The van der Waals surface area contributed by atoms with Crippen LogP contribution >= 0.6 is 0 Å². The first-order valence-electron chi connectivity index (χ1n) is 13.6. The molecule has 0 heterocycles. The first-order chi connectivity index (χ1) is 14.9. The Hall–Kier alpha value is -1.04. The van der Waals surface area contributed by atoms with Crippen LogP contribution in [0.1, 0.15) is 147 Å². The Morgan fingerprint density at radius 1 is 0.533 bits per heavy atom. The number of unbranched alkanes of at least 4 members (excludes halogenated alkanes) is 14. The molecule has 1 aromatic rings. The van der Waals surface area contributed by atoms with Crippen molar-refractivity contribution < 1.29 is 0 Å². The second-order valence-corrected chi connectivity index (χ2v) is 9.33. The van der Waals surface area contributed by atoms with Crippen LogP contribution in [0, 0.1) is 0 Å². The van der Waals surface area contributed by atoms with Crippen LogP contribution in [0.4, 0.5) is 0 Å². The zero-order valence-corrected chi connectivity index (χ0v) is 20.6. The first kappa shape index (κ1) is 27.0. The molecule has 0 radical (unpaired) electrons. The van der Waals surface area contributed by atoms with Gasteiger partial charge in [0, 0.05) is 0 Å². The van der Waals surface area contributed by atoms with E-state index in [1.807, 2.05) is 0 Å². The maximum Gasteiger partial charge on any atom is -0.0162 e. The van der Waals surface area contributed by atoms with Crippen molar-refractivity contribution in [2.24, 2.45) is 0 Å². The molecular weight excluding hydrogens is 360 g/mol. The Bertz CT molecular complexity index is 472. The van der Waals surface area contributed by atoms with Crippen LogP contribution in [-0.4, -0.2) is 0 Å². The summed E-state index contributed by atoms with van der Waals surface area (Å²) in [5, 5.41) is 0. The minimum Gasteiger partial charge on any atom is -0.0885 e. The van der Waals surface area contributed by atoms with Crippen LogP contribution < -0.4 is 0 Å². The molecule has 0 spiro atoms. The summed E-state index contributed by atoms with van der Waals surface area (Å²) in [5.41, 5.74) is 1.57. The summed E-state index contributed by atoms with van der Waals surface area (Å²) in [6.45, 7) is 4.60. The standard InChI is InChI=1S/C30H52/c1-3-5-7-8-9-10-11-12-13-14-15-16-17-18-19-22-26-29(25-21-6-4-2)30-27-23-20-24-28-30/h12-13,20,23-24,27-29H,3-11,14-19,21-22,25-26H2,1-2H3. The molecule has 0 aliphatic rings. The molecule has 0 bridgehead atoms. The Kier molecular flexibility index (Phi) is 19.1. The molecule has 1 atom stereocenters. The third kappa shape index (κ3) is 15.8. The van der Waals surface area contributed by atoms with Gasteiger partial charge in [-0.3, -0.25) is 0 Å². The predicted octanol–water partition coefficient (Wildman–Crippen LogP) is 10.8. The largest absolute Gasteiger partial charge is 0.0885 e. The Morgan fingerprint density at radius 2 is 0.967 bits per heavy atom. The zero-order chi connectivity index (χ0) is 21.5. The molecule has 0 nitrogen and oxygen atoms in total. The number of hydrogen-bond donors (Lipinski definition) is 0. The molecule has 0 saturated carbocycles. The lowest BCUT2D eigenvalue weighted by Gasteiger charge is -2.17. The highest BCUT2D eigenvalue weighted by Gasteiger charge is 2.10. The highest BCUT2D eigenvalue weighted by atomic mass is 14.2. The average Bonchev–Trinajstić information content (AvgIpc) is 2.78. The molecule has 172 valence electrons. The second-order valence-electron chi connectivity index (χ2n) is 9.33. The van der Waals surface area contributed by atoms with Crippen LogP contribution in [-0.2, 0) is 0 Å². The van der Waals surface area contributed by atoms with Gasteiger partial charge in [0.2, 0.25) is 0 Å². The van der Waals surface area contributed by atoms with Gasteiger partial charge in [0.1, 0.15) is 0 Å². The summed E-state index contributed by atoms with van der Waals surface area (Å²) in [6.07, 6.45) is 31.3. The molecule has 1 aromatic carbocycles. The molecule has 1 unspecified atom stereocenters. The summed E-state index contributed by atoms with van der Waals surface area (Å²) in [7, 11) is 0. The van der Waals surface area contributed by atoms with Gasteiger partial charge >= 0.3 is 0 Å². The predicted molar refractivity (Wildman–Crippen MR) is 137 cm³/mol. The van der Waals surface area contributed by atoms with E-state index < -0.39 is 0 Å². The van der Waals surface area contributed by atoms with Gasteiger partial charge in [-0.1, -0.05) is 140 Å². The van der Waals surface area contributed by atoms with Gasteiger partial charge in [-0.15, -0.1) is 0 Å². The minimum atomic E-state index is 0.787. The molecule has 0 fully saturated rings. The molecule has 0 aliphatic heterocycles. The maximum atomic E-state index is 2.44. The maximum absolute atomic E-state index is 2.44. The monoisotopic (exact) mass is 412 g/mol. The van der Waals surface area contributed by atoms with E-state index in [4.69, 9.17) is 0 Å². The molecular formula is C30H52. The number of allylic oxidation sites excluding steroid dienone is 2. The van der Waals surface area contributed by atoms with E-state index >= 15 is 0 Å². The third-order valence-electron chi connectivity index (χ3n) is 6.49. The van der Waals surface area contributed by atoms with E-state index in [0.29, 0.717) is 0 Å². The normalized spacial score (nSPS) is 12.6. The van der Waals surface area contributed by atoms with Crippen LogP contribution in [0.3, 0.4) is 0 Å². The highest BCUT2D eigenvalue weighted by Crippen LogP contribution is 2.28. The lowest BCUT2D eigenvalue weighted by atomic mass is 9.88. The van der Waals surface area contributed by atoms with Crippen molar-refractivity contribution >= 4 is 0 Å². The molecule has 0 aliphatic carbocycles. The summed E-state index contributed by atoms with van der Waals surface area (Å²) < 4.78 is 0. The number of benzene rings is 1. The van der Waals surface area contributed by atoms with Gasteiger partial charge < -0.3 is 0 Å². The van der Waals surface area contributed by atoms with Gasteiger partial charge in [0.25, 0.3) is 0 Å². The fraction of sp³-hybridized carbons (Fsp3) is 0.733. The van der Waals surface area contributed by atoms with Gasteiger partial charge in [0.15, 0.2) is 0 Å².